The number of carbonyl (C=O) groups excluding carboxylic acids is 1. The number of nitrogens with zero attached hydrogens (tertiary/aromatic N) is 2. The highest BCUT2D eigenvalue weighted by atomic mass is 35.5. The zero-order chi connectivity index (χ0) is 12.1. The second-order valence-electron chi connectivity index (χ2n) is 5.24. The quantitative estimate of drug-likeness (QED) is 0.830. The Kier molecular flexibility index (Phi) is 6.97. The summed E-state index contributed by atoms with van der Waals surface area (Å²) in [6.45, 7) is 9.28. The zero-order valence-corrected chi connectivity index (χ0v) is 12.2. The van der Waals surface area contributed by atoms with E-state index in [9.17, 15) is 4.79 Å². The molecule has 5 heteroatoms. The van der Waals surface area contributed by atoms with Gasteiger partial charge in [-0.25, -0.2) is 0 Å². The molecule has 0 aliphatic carbocycles. The first-order chi connectivity index (χ1) is 8.29. The molecule has 18 heavy (non-hydrogen) atoms. The van der Waals surface area contributed by atoms with Crippen LogP contribution in [0.3, 0.4) is 0 Å². The van der Waals surface area contributed by atoms with Gasteiger partial charge in [0.2, 0.25) is 5.91 Å². The van der Waals surface area contributed by atoms with Crippen molar-refractivity contribution in [3.63, 3.8) is 0 Å². The summed E-state index contributed by atoms with van der Waals surface area (Å²) >= 11 is 0. The van der Waals surface area contributed by atoms with Gasteiger partial charge in [-0.2, -0.15) is 0 Å². The van der Waals surface area contributed by atoms with Gasteiger partial charge in [0.1, 0.15) is 0 Å². The zero-order valence-electron chi connectivity index (χ0n) is 11.4. The van der Waals surface area contributed by atoms with Crippen LogP contribution in [0.25, 0.3) is 0 Å². The molecule has 2 rings (SSSR count). The van der Waals surface area contributed by atoms with Crippen LogP contribution in [0.15, 0.2) is 0 Å². The lowest BCUT2D eigenvalue weighted by molar-refractivity contribution is -0.132. The third-order valence-corrected chi connectivity index (χ3v) is 4.06. The maximum atomic E-state index is 12.0. The Balaban J connectivity index is 0.00000162. The molecule has 1 atom stereocenters. The van der Waals surface area contributed by atoms with Crippen molar-refractivity contribution in [1.29, 1.82) is 0 Å². The first kappa shape index (κ1) is 15.7. The summed E-state index contributed by atoms with van der Waals surface area (Å²) in [6.07, 6.45) is 3.30. The highest BCUT2D eigenvalue weighted by molar-refractivity contribution is 5.85. The molecule has 2 fully saturated rings. The molecule has 0 radical (unpaired) electrons. The molecule has 0 saturated carbocycles. The predicted octanol–water partition coefficient (Wildman–Crippen LogP) is 0.962. The van der Waals surface area contributed by atoms with E-state index in [0.717, 1.165) is 38.6 Å². The normalized spacial score (nSPS) is 24.9. The van der Waals surface area contributed by atoms with E-state index in [2.05, 4.69) is 17.1 Å². The first-order valence-electron chi connectivity index (χ1n) is 7.00. The Bertz CT molecular complexity index is 257. The lowest BCUT2D eigenvalue weighted by atomic mass is 10.1. The maximum Gasteiger partial charge on any atom is 0.223 e. The topological polar surface area (TPSA) is 35.6 Å². The predicted molar refractivity (Wildman–Crippen MR) is 76.2 cm³/mol. The van der Waals surface area contributed by atoms with Gasteiger partial charge in [0.05, 0.1) is 0 Å². The fourth-order valence-corrected chi connectivity index (χ4v) is 2.78. The van der Waals surface area contributed by atoms with E-state index in [-0.39, 0.29) is 12.4 Å². The van der Waals surface area contributed by atoms with Gasteiger partial charge in [-0.1, -0.05) is 13.3 Å². The van der Waals surface area contributed by atoms with Crippen LogP contribution < -0.4 is 5.32 Å². The van der Waals surface area contributed by atoms with Crippen molar-refractivity contribution in [2.24, 2.45) is 5.92 Å². The fourth-order valence-electron chi connectivity index (χ4n) is 2.78. The van der Waals surface area contributed by atoms with Crippen molar-refractivity contribution < 1.29 is 4.79 Å². The van der Waals surface area contributed by atoms with Gasteiger partial charge >= 0.3 is 0 Å². The molecule has 106 valence electrons. The summed E-state index contributed by atoms with van der Waals surface area (Å²) in [5.41, 5.74) is 0. The Morgan fingerprint density at radius 1 is 1.28 bits per heavy atom. The number of halogens is 1. The highest BCUT2D eigenvalue weighted by Crippen LogP contribution is 2.19. The van der Waals surface area contributed by atoms with Crippen molar-refractivity contribution in [1.82, 2.24) is 15.1 Å². The van der Waals surface area contributed by atoms with Crippen LogP contribution >= 0.6 is 12.4 Å². The molecule has 0 spiro atoms. The Morgan fingerprint density at radius 2 is 2.00 bits per heavy atom. The van der Waals surface area contributed by atoms with Crippen molar-refractivity contribution in [2.75, 3.05) is 45.8 Å². The summed E-state index contributed by atoms with van der Waals surface area (Å²) in [5, 5.41) is 3.28. The maximum absolute atomic E-state index is 12.0. The SMILES string of the molecule is CCC1CCN(CCC(=O)N2CCNCC2)C1.Cl. The number of amides is 1. The third kappa shape index (κ3) is 4.41. The molecule has 0 aromatic heterocycles. The van der Waals surface area contributed by atoms with Crippen LogP contribution in [0.5, 0.6) is 0 Å². The Labute approximate surface area is 116 Å². The van der Waals surface area contributed by atoms with Crippen LogP contribution in [0.4, 0.5) is 0 Å². The average molecular weight is 276 g/mol. The standard InChI is InChI=1S/C13H25N3O.ClH/c1-2-12-3-7-15(11-12)8-4-13(17)16-9-5-14-6-10-16;/h12,14H,2-11H2,1H3;1H. The van der Waals surface area contributed by atoms with E-state index in [0.29, 0.717) is 12.3 Å². The molecule has 1 unspecified atom stereocenters. The molecule has 2 aliphatic rings. The van der Waals surface area contributed by atoms with Crippen LogP contribution in [-0.4, -0.2) is 61.5 Å². The average Bonchev–Trinajstić information content (AvgIpc) is 2.85. The minimum atomic E-state index is 0. The summed E-state index contributed by atoms with van der Waals surface area (Å²) in [4.78, 5) is 16.4. The summed E-state index contributed by atoms with van der Waals surface area (Å²) in [5.74, 6) is 1.20. The lowest BCUT2D eigenvalue weighted by Crippen LogP contribution is -2.47. The second-order valence-corrected chi connectivity index (χ2v) is 5.24. The second kappa shape index (κ2) is 7.97. The monoisotopic (exact) mass is 275 g/mol. The number of likely N-dealkylation sites (tertiary alicyclic amines) is 1. The molecule has 2 saturated heterocycles. The smallest absolute Gasteiger partial charge is 0.223 e. The number of carbonyl (C=O) groups is 1. The highest BCUT2D eigenvalue weighted by Gasteiger charge is 2.22. The van der Waals surface area contributed by atoms with Gasteiger partial charge in [0.15, 0.2) is 0 Å². The van der Waals surface area contributed by atoms with Crippen molar-refractivity contribution in [3.8, 4) is 0 Å². The summed E-state index contributed by atoms with van der Waals surface area (Å²) < 4.78 is 0. The van der Waals surface area contributed by atoms with Crippen molar-refractivity contribution >= 4 is 18.3 Å². The number of rotatable bonds is 4. The molecule has 1 N–H and O–H groups in total. The van der Waals surface area contributed by atoms with E-state index >= 15 is 0 Å². The fraction of sp³-hybridized carbons (Fsp3) is 0.923. The van der Waals surface area contributed by atoms with Crippen LogP contribution in [0.1, 0.15) is 26.2 Å². The van der Waals surface area contributed by atoms with E-state index in [4.69, 9.17) is 0 Å². The largest absolute Gasteiger partial charge is 0.340 e. The number of hydrogen-bond donors (Lipinski definition) is 1. The molecule has 2 heterocycles. The Morgan fingerprint density at radius 3 is 2.61 bits per heavy atom. The minimum absolute atomic E-state index is 0. The van der Waals surface area contributed by atoms with E-state index in [1.165, 1.54) is 25.9 Å². The summed E-state index contributed by atoms with van der Waals surface area (Å²) in [7, 11) is 0. The van der Waals surface area contributed by atoms with Crippen molar-refractivity contribution in [2.45, 2.75) is 26.2 Å². The number of piperazine rings is 1. The molecule has 0 bridgehead atoms. The lowest BCUT2D eigenvalue weighted by Gasteiger charge is -2.28. The van der Waals surface area contributed by atoms with Crippen LogP contribution in [0.2, 0.25) is 0 Å². The molecule has 0 aromatic carbocycles. The van der Waals surface area contributed by atoms with Crippen LogP contribution in [-0.2, 0) is 4.79 Å². The van der Waals surface area contributed by atoms with Gasteiger partial charge < -0.3 is 15.1 Å². The molecule has 4 nitrogen and oxygen atoms in total. The van der Waals surface area contributed by atoms with Gasteiger partial charge in [-0.3, -0.25) is 4.79 Å². The molecular weight excluding hydrogens is 250 g/mol. The van der Waals surface area contributed by atoms with Gasteiger partial charge in [0.25, 0.3) is 0 Å². The van der Waals surface area contributed by atoms with Gasteiger partial charge in [-0.05, 0) is 18.9 Å². The molecule has 2 aliphatic heterocycles. The van der Waals surface area contributed by atoms with E-state index in [1.54, 1.807) is 0 Å². The molecule has 1 amide bonds. The van der Waals surface area contributed by atoms with E-state index < -0.39 is 0 Å². The number of nitrogens with one attached hydrogen (secondary N) is 1. The Hall–Kier alpha value is -0.320. The first-order valence-corrected chi connectivity index (χ1v) is 7.00. The van der Waals surface area contributed by atoms with Crippen molar-refractivity contribution in [3.05, 3.63) is 0 Å². The molecular formula is C13H26ClN3O. The minimum Gasteiger partial charge on any atom is -0.340 e. The van der Waals surface area contributed by atoms with Gasteiger partial charge in [0, 0.05) is 45.7 Å². The number of hydrogen-bond acceptors (Lipinski definition) is 3. The molecule has 0 aromatic rings. The third-order valence-electron chi connectivity index (χ3n) is 4.06. The van der Waals surface area contributed by atoms with Crippen LogP contribution in [0, 0.1) is 5.92 Å². The van der Waals surface area contributed by atoms with Gasteiger partial charge in [-0.15, -0.1) is 12.4 Å². The van der Waals surface area contributed by atoms with E-state index in [1.807, 2.05) is 4.90 Å². The summed E-state index contributed by atoms with van der Waals surface area (Å²) in [6, 6.07) is 0.